The minimum Gasteiger partial charge on any atom is -0.481 e. The van der Waals surface area contributed by atoms with E-state index >= 15 is 0 Å². The molecule has 1 aromatic heterocycles. The van der Waals surface area contributed by atoms with Crippen LogP contribution in [0.25, 0.3) is 0 Å². The number of hydrogen-bond acceptors (Lipinski definition) is 4. The minimum absolute atomic E-state index is 0.0150. The quantitative estimate of drug-likeness (QED) is 0.749. The van der Waals surface area contributed by atoms with Gasteiger partial charge in [-0.2, -0.15) is 0 Å². The Hall–Kier alpha value is -2.05. The van der Waals surface area contributed by atoms with Crippen LogP contribution in [0, 0.1) is 6.92 Å². The number of aryl methyl sites for hydroxylation is 1. The second-order valence-corrected chi connectivity index (χ2v) is 2.89. The van der Waals surface area contributed by atoms with Crippen LogP contribution >= 0.6 is 0 Å². The average Bonchev–Trinajstić information content (AvgIpc) is 2.51. The fourth-order valence-electron chi connectivity index (χ4n) is 0.975. The van der Waals surface area contributed by atoms with Crippen LogP contribution in [0.1, 0.15) is 12.2 Å². The third kappa shape index (κ3) is 2.97. The molecule has 0 unspecified atom stereocenters. The number of nitrogens with two attached hydrogens (primary N) is 1. The van der Waals surface area contributed by atoms with Crippen molar-refractivity contribution in [2.75, 3.05) is 11.4 Å². The Morgan fingerprint density at radius 3 is 2.73 bits per heavy atom. The van der Waals surface area contributed by atoms with E-state index in [1.807, 2.05) is 0 Å². The first-order valence-corrected chi connectivity index (χ1v) is 4.22. The summed E-state index contributed by atoms with van der Waals surface area (Å²) in [5.41, 5.74) is 5.06. The number of carbonyl (C=O) groups is 2. The van der Waals surface area contributed by atoms with E-state index in [4.69, 9.17) is 15.3 Å². The second kappa shape index (κ2) is 4.45. The van der Waals surface area contributed by atoms with Gasteiger partial charge < -0.3 is 15.3 Å². The number of amides is 2. The molecule has 0 aliphatic carbocycles. The number of carbonyl (C=O) groups excluding carboxylic acids is 1. The van der Waals surface area contributed by atoms with Crippen molar-refractivity contribution in [3.63, 3.8) is 0 Å². The zero-order valence-corrected chi connectivity index (χ0v) is 8.14. The summed E-state index contributed by atoms with van der Waals surface area (Å²) in [6, 6.07) is -0.778. The summed E-state index contributed by atoms with van der Waals surface area (Å²) in [5, 5.41) is 8.47. The number of anilines is 1. The molecule has 0 aromatic carbocycles. The van der Waals surface area contributed by atoms with Gasteiger partial charge in [-0.3, -0.25) is 4.79 Å². The summed E-state index contributed by atoms with van der Waals surface area (Å²) in [7, 11) is 0. The molecule has 0 aliphatic heterocycles. The van der Waals surface area contributed by atoms with Gasteiger partial charge in [0.1, 0.15) is 5.76 Å². The number of aliphatic carboxylic acids is 1. The van der Waals surface area contributed by atoms with Gasteiger partial charge in [0.15, 0.2) is 0 Å². The van der Waals surface area contributed by atoms with E-state index in [-0.39, 0.29) is 19.0 Å². The molecule has 3 N–H and O–H groups in total. The van der Waals surface area contributed by atoms with E-state index in [0.717, 1.165) is 4.90 Å². The number of aromatic nitrogens is 1. The number of rotatable bonds is 4. The number of hydrogen-bond donors (Lipinski definition) is 2. The number of primary amides is 1. The van der Waals surface area contributed by atoms with Crippen LogP contribution in [-0.2, 0) is 4.79 Å². The van der Waals surface area contributed by atoms with E-state index in [1.165, 1.54) is 6.20 Å². The van der Waals surface area contributed by atoms with Crippen LogP contribution in [0.15, 0.2) is 10.6 Å². The summed E-state index contributed by atoms with van der Waals surface area (Å²) < 4.78 is 5.06. The normalized spacial score (nSPS) is 9.93. The molecular weight excluding hydrogens is 202 g/mol. The Kier molecular flexibility index (Phi) is 3.27. The van der Waals surface area contributed by atoms with Gasteiger partial charge in [0, 0.05) is 6.54 Å². The van der Waals surface area contributed by atoms with Crippen LogP contribution < -0.4 is 10.6 Å². The predicted octanol–water partition coefficient (Wildman–Crippen LogP) is 0.343. The lowest BCUT2D eigenvalue weighted by molar-refractivity contribution is -0.136. The Morgan fingerprint density at radius 1 is 1.67 bits per heavy atom. The van der Waals surface area contributed by atoms with Crippen LogP contribution in [0.3, 0.4) is 0 Å². The lowest BCUT2D eigenvalue weighted by atomic mass is 10.4. The van der Waals surface area contributed by atoms with E-state index in [2.05, 4.69) is 4.98 Å². The van der Waals surface area contributed by atoms with Crippen LogP contribution in [0.4, 0.5) is 10.8 Å². The van der Waals surface area contributed by atoms with Crippen LogP contribution in [-0.4, -0.2) is 28.6 Å². The largest absolute Gasteiger partial charge is 0.481 e. The Bertz CT molecular complexity index is 374. The summed E-state index contributed by atoms with van der Waals surface area (Å²) in [6.45, 7) is 1.59. The molecule has 0 saturated heterocycles. The maximum absolute atomic E-state index is 11.0. The maximum Gasteiger partial charge on any atom is 0.322 e. The van der Waals surface area contributed by atoms with E-state index < -0.39 is 12.0 Å². The number of carboxylic acid groups (broad SMARTS) is 1. The van der Waals surface area contributed by atoms with Crippen molar-refractivity contribution in [2.24, 2.45) is 5.73 Å². The molecule has 0 atom stereocenters. The van der Waals surface area contributed by atoms with Gasteiger partial charge in [0.25, 0.3) is 0 Å². The lowest BCUT2D eigenvalue weighted by Gasteiger charge is -2.14. The molecule has 0 aliphatic rings. The van der Waals surface area contributed by atoms with Gasteiger partial charge in [-0.05, 0) is 6.92 Å². The predicted molar refractivity (Wildman–Crippen MR) is 50.4 cm³/mol. The molecule has 7 nitrogen and oxygen atoms in total. The van der Waals surface area contributed by atoms with Crippen LogP contribution in [0.5, 0.6) is 0 Å². The third-order valence-electron chi connectivity index (χ3n) is 1.66. The van der Waals surface area contributed by atoms with E-state index in [1.54, 1.807) is 6.92 Å². The summed E-state index contributed by atoms with van der Waals surface area (Å²) in [4.78, 5) is 26.1. The molecule has 7 heteroatoms. The molecule has 1 rings (SSSR count). The average molecular weight is 213 g/mol. The highest BCUT2D eigenvalue weighted by Crippen LogP contribution is 2.13. The van der Waals surface area contributed by atoms with Crippen molar-refractivity contribution in [1.82, 2.24) is 4.98 Å². The molecule has 0 bridgehead atoms. The van der Waals surface area contributed by atoms with Crippen molar-refractivity contribution in [2.45, 2.75) is 13.3 Å². The summed E-state index contributed by atoms with van der Waals surface area (Å²) in [6.07, 6.45) is 1.20. The molecule has 0 fully saturated rings. The molecule has 0 saturated carbocycles. The number of oxazole rings is 1. The van der Waals surface area contributed by atoms with Crippen molar-refractivity contribution < 1.29 is 19.1 Å². The summed E-state index contributed by atoms with van der Waals surface area (Å²) in [5.74, 6) is -0.504. The smallest absolute Gasteiger partial charge is 0.322 e. The Morgan fingerprint density at radius 2 is 2.33 bits per heavy atom. The SMILES string of the molecule is Cc1cnc(N(CCC(=O)O)C(N)=O)o1. The molecule has 15 heavy (non-hydrogen) atoms. The number of carboxylic acids is 1. The second-order valence-electron chi connectivity index (χ2n) is 2.89. The summed E-state index contributed by atoms with van der Waals surface area (Å²) >= 11 is 0. The monoisotopic (exact) mass is 213 g/mol. The highest BCUT2D eigenvalue weighted by atomic mass is 16.4. The molecule has 1 aromatic rings. The van der Waals surface area contributed by atoms with Crippen molar-refractivity contribution in [3.05, 3.63) is 12.0 Å². The fraction of sp³-hybridized carbons (Fsp3) is 0.375. The van der Waals surface area contributed by atoms with Gasteiger partial charge >= 0.3 is 18.0 Å². The third-order valence-corrected chi connectivity index (χ3v) is 1.66. The molecule has 1 heterocycles. The standard InChI is InChI=1S/C8H11N3O4/c1-5-4-10-8(15-5)11(7(9)14)3-2-6(12)13/h4H,2-3H2,1H3,(H2,9,14)(H,12,13). The highest BCUT2D eigenvalue weighted by molar-refractivity contribution is 5.88. The van der Waals surface area contributed by atoms with Gasteiger partial charge in [-0.1, -0.05) is 0 Å². The number of urea groups is 1. The Labute approximate surface area is 85.5 Å². The first-order valence-electron chi connectivity index (χ1n) is 4.22. The highest BCUT2D eigenvalue weighted by Gasteiger charge is 2.18. The van der Waals surface area contributed by atoms with Crippen molar-refractivity contribution >= 4 is 18.0 Å². The zero-order valence-electron chi connectivity index (χ0n) is 8.14. The topological polar surface area (TPSA) is 110 Å². The fourth-order valence-corrected chi connectivity index (χ4v) is 0.975. The Balaban J connectivity index is 2.74. The van der Waals surface area contributed by atoms with Crippen molar-refractivity contribution in [3.8, 4) is 0 Å². The molecule has 0 radical (unpaired) electrons. The van der Waals surface area contributed by atoms with E-state index in [0.29, 0.717) is 5.76 Å². The maximum atomic E-state index is 11.0. The molecule has 82 valence electrons. The van der Waals surface area contributed by atoms with Gasteiger partial charge in [0.2, 0.25) is 0 Å². The van der Waals surface area contributed by atoms with Gasteiger partial charge in [-0.15, -0.1) is 0 Å². The van der Waals surface area contributed by atoms with Crippen molar-refractivity contribution in [1.29, 1.82) is 0 Å². The van der Waals surface area contributed by atoms with Gasteiger partial charge in [0.05, 0.1) is 12.6 Å². The first kappa shape index (κ1) is 11.0. The number of nitrogens with zero attached hydrogens (tertiary/aromatic N) is 2. The molecule has 2 amide bonds. The molecular formula is C8H11N3O4. The lowest BCUT2D eigenvalue weighted by Crippen LogP contribution is -2.37. The van der Waals surface area contributed by atoms with Crippen LogP contribution in [0.2, 0.25) is 0 Å². The molecule has 0 spiro atoms. The first-order chi connectivity index (χ1) is 7.00. The van der Waals surface area contributed by atoms with E-state index in [9.17, 15) is 9.59 Å². The zero-order chi connectivity index (χ0) is 11.4. The minimum atomic E-state index is -1.02. The van der Waals surface area contributed by atoms with Gasteiger partial charge in [-0.25, -0.2) is 14.7 Å².